The molecule has 2 aromatic rings. The minimum atomic E-state index is -3.58. The molecule has 1 aromatic carbocycles. The molecule has 1 aromatic heterocycles. The SMILES string of the molecule is Cc1cccc(NC(=O)c2cccc(S(=O)(=O)NC3CC3)c2)n1. The number of benzene rings is 1. The van der Waals surface area contributed by atoms with Gasteiger partial charge in [-0.2, -0.15) is 0 Å². The fourth-order valence-electron chi connectivity index (χ4n) is 2.09. The van der Waals surface area contributed by atoms with Gasteiger partial charge in [0.15, 0.2) is 0 Å². The molecule has 6 nitrogen and oxygen atoms in total. The first-order valence-corrected chi connectivity index (χ1v) is 8.80. The molecule has 120 valence electrons. The summed E-state index contributed by atoms with van der Waals surface area (Å²) >= 11 is 0. The van der Waals surface area contributed by atoms with Crippen LogP contribution in [0.2, 0.25) is 0 Å². The van der Waals surface area contributed by atoms with Crippen molar-refractivity contribution >= 4 is 21.7 Å². The molecule has 1 heterocycles. The lowest BCUT2D eigenvalue weighted by Crippen LogP contribution is -2.26. The van der Waals surface area contributed by atoms with Gasteiger partial charge in [-0.1, -0.05) is 12.1 Å². The molecule has 7 heteroatoms. The van der Waals surface area contributed by atoms with E-state index in [1.54, 1.807) is 24.3 Å². The Morgan fingerprint density at radius 1 is 1.17 bits per heavy atom. The van der Waals surface area contributed by atoms with Crippen molar-refractivity contribution in [2.75, 3.05) is 5.32 Å². The zero-order valence-electron chi connectivity index (χ0n) is 12.6. The summed E-state index contributed by atoms with van der Waals surface area (Å²) in [4.78, 5) is 16.6. The molecule has 1 amide bonds. The Bertz CT molecular complexity index is 845. The van der Waals surface area contributed by atoms with Crippen molar-refractivity contribution < 1.29 is 13.2 Å². The predicted octanol–water partition coefficient (Wildman–Crippen LogP) is 2.08. The Kier molecular flexibility index (Phi) is 4.14. The maximum absolute atomic E-state index is 12.3. The first-order valence-electron chi connectivity index (χ1n) is 7.31. The van der Waals surface area contributed by atoms with Gasteiger partial charge in [-0.15, -0.1) is 0 Å². The van der Waals surface area contributed by atoms with Crippen LogP contribution in [0.3, 0.4) is 0 Å². The molecule has 0 spiro atoms. The molecule has 1 saturated carbocycles. The number of aromatic nitrogens is 1. The average Bonchev–Trinajstić information content (AvgIpc) is 3.31. The highest BCUT2D eigenvalue weighted by molar-refractivity contribution is 7.89. The van der Waals surface area contributed by atoms with Crippen LogP contribution in [-0.4, -0.2) is 25.4 Å². The molecule has 0 bridgehead atoms. The molecule has 1 aliphatic carbocycles. The molecular formula is C16H17N3O3S. The third-order valence-corrected chi connectivity index (χ3v) is 4.95. The third-order valence-electron chi connectivity index (χ3n) is 3.44. The summed E-state index contributed by atoms with van der Waals surface area (Å²) in [6.45, 7) is 1.83. The Hall–Kier alpha value is -2.25. The van der Waals surface area contributed by atoms with E-state index >= 15 is 0 Å². The van der Waals surface area contributed by atoms with E-state index in [0.717, 1.165) is 18.5 Å². The Labute approximate surface area is 135 Å². The van der Waals surface area contributed by atoms with E-state index in [-0.39, 0.29) is 16.5 Å². The van der Waals surface area contributed by atoms with Crippen LogP contribution in [0, 0.1) is 6.92 Å². The second-order valence-corrected chi connectivity index (χ2v) is 7.26. The van der Waals surface area contributed by atoms with Gasteiger partial charge < -0.3 is 5.32 Å². The van der Waals surface area contributed by atoms with Gasteiger partial charge in [-0.3, -0.25) is 4.79 Å². The van der Waals surface area contributed by atoms with E-state index in [2.05, 4.69) is 15.0 Å². The van der Waals surface area contributed by atoms with Crippen molar-refractivity contribution in [2.45, 2.75) is 30.7 Å². The minimum absolute atomic E-state index is 0.0222. The number of carbonyl (C=O) groups is 1. The molecule has 2 N–H and O–H groups in total. The highest BCUT2D eigenvalue weighted by atomic mass is 32.2. The summed E-state index contributed by atoms with van der Waals surface area (Å²) in [6.07, 6.45) is 1.72. The number of sulfonamides is 1. The zero-order valence-corrected chi connectivity index (χ0v) is 13.4. The predicted molar refractivity (Wildman–Crippen MR) is 86.7 cm³/mol. The van der Waals surface area contributed by atoms with Crippen LogP contribution >= 0.6 is 0 Å². The first kappa shape index (κ1) is 15.6. The smallest absolute Gasteiger partial charge is 0.256 e. The van der Waals surface area contributed by atoms with Crippen LogP contribution in [0.5, 0.6) is 0 Å². The number of amides is 1. The van der Waals surface area contributed by atoms with Crippen LogP contribution in [0.1, 0.15) is 28.9 Å². The molecule has 23 heavy (non-hydrogen) atoms. The van der Waals surface area contributed by atoms with Crippen molar-refractivity contribution in [1.29, 1.82) is 0 Å². The van der Waals surface area contributed by atoms with Gasteiger partial charge in [-0.25, -0.2) is 18.1 Å². The summed E-state index contributed by atoms with van der Waals surface area (Å²) < 4.78 is 27.0. The topological polar surface area (TPSA) is 88.2 Å². The van der Waals surface area contributed by atoms with E-state index in [4.69, 9.17) is 0 Å². The monoisotopic (exact) mass is 331 g/mol. The first-order chi connectivity index (χ1) is 10.9. The highest BCUT2D eigenvalue weighted by Crippen LogP contribution is 2.22. The Balaban J connectivity index is 1.80. The maximum Gasteiger partial charge on any atom is 0.256 e. The van der Waals surface area contributed by atoms with Crippen molar-refractivity contribution in [1.82, 2.24) is 9.71 Å². The number of hydrogen-bond donors (Lipinski definition) is 2. The maximum atomic E-state index is 12.3. The largest absolute Gasteiger partial charge is 0.307 e. The van der Waals surface area contributed by atoms with Crippen molar-refractivity contribution in [3.8, 4) is 0 Å². The van der Waals surface area contributed by atoms with Gasteiger partial charge in [0.05, 0.1) is 4.90 Å². The fraction of sp³-hybridized carbons (Fsp3) is 0.250. The van der Waals surface area contributed by atoms with Gasteiger partial charge in [-0.05, 0) is 50.1 Å². The van der Waals surface area contributed by atoms with Crippen LogP contribution in [-0.2, 0) is 10.0 Å². The van der Waals surface area contributed by atoms with Gasteiger partial charge in [0, 0.05) is 17.3 Å². The normalized spacial score (nSPS) is 14.5. The molecule has 0 atom stereocenters. The second-order valence-electron chi connectivity index (χ2n) is 5.54. The molecule has 1 aliphatic rings. The number of nitrogens with zero attached hydrogens (tertiary/aromatic N) is 1. The minimum Gasteiger partial charge on any atom is -0.307 e. The molecule has 0 radical (unpaired) electrons. The van der Waals surface area contributed by atoms with Crippen LogP contribution < -0.4 is 10.0 Å². The zero-order chi connectivity index (χ0) is 16.4. The molecular weight excluding hydrogens is 314 g/mol. The van der Waals surface area contributed by atoms with Crippen molar-refractivity contribution in [2.24, 2.45) is 0 Å². The van der Waals surface area contributed by atoms with Crippen LogP contribution in [0.25, 0.3) is 0 Å². The summed E-state index contributed by atoms with van der Waals surface area (Å²) in [5.74, 6) is 0.0333. The van der Waals surface area contributed by atoms with Crippen LogP contribution in [0.4, 0.5) is 5.82 Å². The van der Waals surface area contributed by atoms with E-state index in [1.807, 2.05) is 13.0 Å². The lowest BCUT2D eigenvalue weighted by atomic mass is 10.2. The summed E-state index contributed by atoms with van der Waals surface area (Å²) in [6, 6.07) is 11.3. The Morgan fingerprint density at radius 2 is 1.91 bits per heavy atom. The second kappa shape index (κ2) is 6.10. The number of carbonyl (C=O) groups excluding carboxylic acids is 1. The molecule has 0 aliphatic heterocycles. The van der Waals surface area contributed by atoms with Gasteiger partial charge in [0.1, 0.15) is 5.82 Å². The molecule has 0 saturated heterocycles. The van der Waals surface area contributed by atoms with Gasteiger partial charge >= 0.3 is 0 Å². The van der Waals surface area contributed by atoms with Crippen molar-refractivity contribution in [3.63, 3.8) is 0 Å². The summed E-state index contributed by atoms with van der Waals surface area (Å²) in [7, 11) is -3.58. The Morgan fingerprint density at radius 3 is 2.61 bits per heavy atom. The molecule has 1 fully saturated rings. The van der Waals surface area contributed by atoms with E-state index in [1.165, 1.54) is 12.1 Å². The highest BCUT2D eigenvalue weighted by Gasteiger charge is 2.28. The third kappa shape index (κ3) is 3.94. The van der Waals surface area contributed by atoms with Gasteiger partial charge in [0.2, 0.25) is 10.0 Å². The average molecular weight is 331 g/mol. The standard InChI is InChI=1S/C16H17N3O3S/c1-11-4-2-7-15(17-11)18-16(20)12-5-3-6-14(10-12)23(21,22)19-13-8-9-13/h2-7,10,13,19H,8-9H2,1H3,(H,17,18,20). The van der Waals surface area contributed by atoms with E-state index in [0.29, 0.717) is 5.82 Å². The molecule has 3 rings (SSSR count). The van der Waals surface area contributed by atoms with Gasteiger partial charge in [0.25, 0.3) is 5.91 Å². The summed E-state index contributed by atoms with van der Waals surface area (Å²) in [5.41, 5.74) is 1.06. The molecule has 0 unspecified atom stereocenters. The van der Waals surface area contributed by atoms with Crippen molar-refractivity contribution in [3.05, 3.63) is 53.7 Å². The lowest BCUT2D eigenvalue weighted by molar-refractivity contribution is 0.102. The van der Waals surface area contributed by atoms with E-state index < -0.39 is 15.9 Å². The summed E-state index contributed by atoms with van der Waals surface area (Å²) in [5, 5.41) is 2.67. The number of pyridine rings is 1. The fourth-order valence-corrected chi connectivity index (χ4v) is 3.44. The number of aryl methyl sites for hydroxylation is 1. The number of nitrogens with one attached hydrogen (secondary N) is 2. The number of anilines is 1. The quantitative estimate of drug-likeness (QED) is 0.878. The number of rotatable bonds is 5. The van der Waals surface area contributed by atoms with E-state index in [9.17, 15) is 13.2 Å². The number of hydrogen-bond acceptors (Lipinski definition) is 4. The van der Waals surface area contributed by atoms with Crippen LogP contribution in [0.15, 0.2) is 47.4 Å². The lowest BCUT2D eigenvalue weighted by Gasteiger charge is -2.08.